The van der Waals surface area contributed by atoms with Crippen LogP contribution in [0.4, 0.5) is 23.9 Å². The van der Waals surface area contributed by atoms with Crippen LogP contribution in [0.1, 0.15) is 11.9 Å². The van der Waals surface area contributed by atoms with E-state index in [0.29, 0.717) is 47.3 Å². The van der Waals surface area contributed by atoms with E-state index in [0.717, 1.165) is 37.4 Å². The number of alkyl halides is 3. The number of fused-ring (bicyclic) bond motifs is 1. The van der Waals surface area contributed by atoms with Gasteiger partial charge in [0.15, 0.2) is 5.82 Å². The lowest BCUT2D eigenvalue weighted by atomic mass is 10.2. The Bertz CT molecular complexity index is 1490. The van der Waals surface area contributed by atoms with Gasteiger partial charge in [0.05, 0.1) is 11.0 Å². The molecule has 0 aliphatic carbocycles. The van der Waals surface area contributed by atoms with E-state index in [-0.39, 0.29) is 24.2 Å². The highest BCUT2D eigenvalue weighted by atomic mass is 32.1. The van der Waals surface area contributed by atoms with Gasteiger partial charge in [0.25, 0.3) is 0 Å². The van der Waals surface area contributed by atoms with Crippen molar-refractivity contribution in [2.45, 2.75) is 25.7 Å². The maximum Gasteiger partial charge on any atom is 0.443 e. The summed E-state index contributed by atoms with van der Waals surface area (Å²) in [6.45, 7) is 6.92. The molecule has 1 amide bonds. The van der Waals surface area contributed by atoms with Crippen LogP contribution in [0.2, 0.25) is 0 Å². The van der Waals surface area contributed by atoms with Crippen molar-refractivity contribution in [3.05, 3.63) is 41.7 Å². The Kier molecular flexibility index (Phi) is 6.90. The second-order valence-corrected chi connectivity index (χ2v) is 11.3. The van der Waals surface area contributed by atoms with E-state index in [1.807, 2.05) is 30.0 Å². The molecule has 0 saturated carbocycles. The number of amides is 1. The van der Waals surface area contributed by atoms with Crippen molar-refractivity contribution >= 4 is 39.0 Å². The minimum Gasteiger partial charge on any atom is -0.369 e. The topological polar surface area (TPSA) is 89.4 Å². The van der Waals surface area contributed by atoms with E-state index in [1.165, 1.54) is 0 Å². The fraction of sp³-hybridized carbons (Fsp3) is 0.462. The van der Waals surface area contributed by atoms with Gasteiger partial charge in [-0.25, -0.2) is 9.97 Å². The molecule has 6 rings (SSSR count). The number of nitrogens with zero attached hydrogens (tertiary/aromatic N) is 8. The van der Waals surface area contributed by atoms with E-state index < -0.39 is 11.2 Å². The van der Waals surface area contributed by atoms with Crippen molar-refractivity contribution < 1.29 is 18.0 Å². The summed E-state index contributed by atoms with van der Waals surface area (Å²) in [5.74, 6) is 0.224. The Morgan fingerprint density at radius 1 is 1.10 bits per heavy atom. The van der Waals surface area contributed by atoms with Gasteiger partial charge in [0.1, 0.15) is 17.2 Å². The Balaban J connectivity index is 1.27. The molecule has 1 N–H and O–H groups in total. The number of aromatic amines is 1. The number of anilines is 2. The van der Waals surface area contributed by atoms with Gasteiger partial charge in [0.2, 0.25) is 10.9 Å². The molecule has 0 radical (unpaired) electrons. The highest BCUT2D eigenvalue weighted by molar-refractivity contribution is 7.16. The number of H-pyrrole nitrogens is 1. The molecule has 2 aliphatic heterocycles. The number of nitrogens with one attached hydrogen (secondary N) is 1. The van der Waals surface area contributed by atoms with Crippen LogP contribution in [0, 0.1) is 0 Å². The molecule has 1 atom stereocenters. The first kappa shape index (κ1) is 26.6. The average molecular weight is 574 g/mol. The second-order valence-electron chi connectivity index (χ2n) is 10.3. The molecule has 0 spiro atoms. The van der Waals surface area contributed by atoms with Gasteiger partial charge in [-0.3, -0.25) is 9.48 Å². The fourth-order valence-corrected chi connectivity index (χ4v) is 6.28. The third kappa shape index (κ3) is 5.24. The molecule has 2 saturated heterocycles. The first-order chi connectivity index (χ1) is 19.2. The molecular formula is C26H30F3N9OS. The molecule has 14 heteroatoms. The van der Waals surface area contributed by atoms with E-state index >= 15 is 0 Å². The number of aromatic nitrogens is 5. The third-order valence-electron chi connectivity index (χ3n) is 7.50. The maximum atomic E-state index is 13.8. The molecule has 40 heavy (non-hydrogen) atoms. The summed E-state index contributed by atoms with van der Waals surface area (Å²) in [6, 6.07) is 7.44. The zero-order valence-electron chi connectivity index (χ0n) is 22.2. The molecular weight excluding hydrogens is 543 g/mol. The minimum atomic E-state index is -4.58. The molecule has 5 heterocycles. The van der Waals surface area contributed by atoms with Crippen molar-refractivity contribution in [1.29, 1.82) is 0 Å². The number of benzene rings is 1. The average Bonchev–Trinajstić information content (AvgIpc) is 3.67. The van der Waals surface area contributed by atoms with Crippen LogP contribution in [-0.2, 0) is 17.5 Å². The summed E-state index contributed by atoms with van der Waals surface area (Å²) in [7, 11) is 2.10. The number of carbonyl (C=O) groups excluding carboxylic acids is 1. The zero-order chi connectivity index (χ0) is 28.0. The number of imidazole rings is 1. The van der Waals surface area contributed by atoms with E-state index in [1.54, 1.807) is 28.0 Å². The van der Waals surface area contributed by atoms with Crippen LogP contribution < -0.4 is 9.80 Å². The number of hydrogen-bond donors (Lipinski definition) is 1. The number of halogens is 3. The summed E-state index contributed by atoms with van der Waals surface area (Å²) in [4.78, 5) is 33.0. The molecule has 212 valence electrons. The number of carbonyl (C=O) groups is 1. The molecule has 3 aromatic heterocycles. The summed E-state index contributed by atoms with van der Waals surface area (Å²) in [6.07, 6.45) is -1.24. The van der Waals surface area contributed by atoms with E-state index in [2.05, 4.69) is 36.9 Å². The van der Waals surface area contributed by atoms with Crippen LogP contribution in [0.5, 0.6) is 0 Å². The van der Waals surface area contributed by atoms with Gasteiger partial charge >= 0.3 is 6.18 Å². The zero-order valence-corrected chi connectivity index (χ0v) is 23.0. The number of rotatable bonds is 5. The van der Waals surface area contributed by atoms with Gasteiger partial charge in [-0.1, -0.05) is 11.3 Å². The lowest BCUT2D eigenvalue weighted by Gasteiger charge is -2.40. The predicted octanol–water partition coefficient (Wildman–Crippen LogP) is 3.39. The Hall–Kier alpha value is -3.65. The first-order valence-corrected chi connectivity index (χ1v) is 14.0. The van der Waals surface area contributed by atoms with E-state index in [4.69, 9.17) is 0 Å². The van der Waals surface area contributed by atoms with Gasteiger partial charge in [0, 0.05) is 69.9 Å². The SMILES string of the molecule is C[C@@H]1CN(c2sc(C(F)(F)F)nc2-c2nc3ccc(N4CCN(C)CC4)cc3[nH]2)CCN1C(=O)Cn1cccn1. The van der Waals surface area contributed by atoms with Crippen LogP contribution in [0.3, 0.4) is 0 Å². The molecule has 2 fully saturated rings. The lowest BCUT2D eigenvalue weighted by molar-refractivity contribution is -0.137. The number of hydrogen-bond acceptors (Lipinski definition) is 8. The quantitative estimate of drug-likeness (QED) is 0.392. The van der Waals surface area contributed by atoms with Crippen LogP contribution in [-0.4, -0.2) is 99.3 Å². The summed E-state index contributed by atoms with van der Waals surface area (Å²) < 4.78 is 43.0. The van der Waals surface area contributed by atoms with Gasteiger partial charge in [-0.2, -0.15) is 18.3 Å². The monoisotopic (exact) mass is 573 g/mol. The second kappa shape index (κ2) is 10.4. The van der Waals surface area contributed by atoms with Crippen LogP contribution in [0.15, 0.2) is 36.7 Å². The smallest absolute Gasteiger partial charge is 0.369 e. The van der Waals surface area contributed by atoms with Crippen molar-refractivity contribution in [3.8, 4) is 11.5 Å². The first-order valence-electron chi connectivity index (χ1n) is 13.2. The fourth-order valence-electron chi connectivity index (χ4n) is 5.31. The highest BCUT2D eigenvalue weighted by Crippen LogP contribution is 2.43. The van der Waals surface area contributed by atoms with Crippen molar-refractivity contribution in [2.24, 2.45) is 0 Å². The third-order valence-corrected chi connectivity index (χ3v) is 8.66. The Morgan fingerprint density at radius 2 is 1.88 bits per heavy atom. The molecule has 1 aromatic carbocycles. The lowest BCUT2D eigenvalue weighted by Crippen LogP contribution is -2.54. The number of likely N-dealkylation sites (N-methyl/N-ethyl adjacent to an activating group) is 1. The van der Waals surface area contributed by atoms with Crippen molar-refractivity contribution in [2.75, 3.05) is 62.7 Å². The van der Waals surface area contributed by atoms with Gasteiger partial charge in [-0.15, -0.1) is 0 Å². The molecule has 10 nitrogen and oxygen atoms in total. The van der Waals surface area contributed by atoms with E-state index in [9.17, 15) is 18.0 Å². The minimum absolute atomic E-state index is 0.0789. The Morgan fingerprint density at radius 3 is 2.58 bits per heavy atom. The molecule has 4 aromatic rings. The molecule has 0 unspecified atom stereocenters. The number of thiazole rings is 1. The predicted molar refractivity (Wildman–Crippen MR) is 148 cm³/mol. The molecule has 2 aliphatic rings. The summed E-state index contributed by atoms with van der Waals surface area (Å²) >= 11 is 0.619. The van der Waals surface area contributed by atoms with Crippen LogP contribution in [0.25, 0.3) is 22.6 Å². The van der Waals surface area contributed by atoms with Gasteiger partial charge < -0.3 is 24.6 Å². The largest absolute Gasteiger partial charge is 0.443 e. The standard InChI is InChI=1S/C26H30F3N9OS/c1-17-15-36(12-13-38(17)21(39)16-37-7-3-6-30-37)24-22(33-25(40-24)26(27,28)29)23-31-19-5-4-18(14-20(19)32-23)35-10-8-34(2)9-11-35/h3-7,14,17H,8-13,15-16H2,1-2H3,(H,31,32)/t17-/m1/s1. The van der Waals surface area contributed by atoms with Gasteiger partial charge in [-0.05, 0) is 38.2 Å². The normalized spacial score (nSPS) is 19.1. The van der Waals surface area contributed by atoms with Crippen molar-refractivity contribution in [1.82, 2.24) is 34.5 Å². The Labute approximate surface area is 233 Å². The summed E-state index contributed by atoms with van der Waals surface area (Å²) in [5.41, 5.74) is 2.65. The van der Waals surface area contributed by atoms with Crippen LogP contribution >= 0.6 is 11.3 Å². The van der Waals surface area contributed by atoms with Crippen molar-refractivity contribution in [3.63, 3.8) is 0 Å². The number of piperazine rings is 2. The maximum absolute atomic E-state index is 13.8. The summed E-state index contributed by atoms with van der Waals surface area (Å²) in [5, 5.41) is 3.58. The molecule has 0 bridgehead atoms. The highest BCUT2D eigenvalue weighted by Gasteiger charge is 2.39.